The van der Waals surface area contributed by atoms with Crippen LogP contribution >= 0.6 is 0 Å². The minimum Gasteiger partial charge on any atom is -0.303 e. The Labute approximate surface area is 259 Å². The smallest absolute Gasteiger partial charge is 0.166 e. The van der Waals surface area contributed by atoms with Gasteiger partial charge in [-0.3, -0.25) is 4.79 Å². The third kappa shape index (κ3) is 9.73. The van der Waals surface area contributed by atoms with Crippen LogP contribution in [0, 0.1) is 23.1 Å². The zero-order valence-electron chi connectivity index (χ0n) is 26.3. The van der Waals surface area contributed by atoms with Crippen LogP contribution in [-0.2, 0) is 5.41 Å². The number of nitrogens with zero attached hydrogens (tertiary/aromatic N) is 2. The number of hydrogen-bond donors (Lipinski definition) is 0. The summed E-state index contributed by atoms with van der Waals surface area (Å²) in [7, 11) is 0. The first-order chi connectivity index (χ1) is 21.0. The van der Waals surface area contributed by atoms with Gasteiger partial charge in [-0.05, 0) is 98.4 Å². The molecule has 1 saturated heterocycles. The molecule has 43 heavy (non-hydrogen) atoms. The van der Waals surface area contributed by atoms with Crippen molar-refractivity contribution in [2.45, 2.75) is 109 Å². The minimum atomic E-state index is -0.471. The Bertz CT molecular complexity index is 1300. The summed E-state index contributed by atoms with van der Waals surface area (Å²) >= 11 is 0. The van der Waals surface area contributed by atoms with E-state index in [9.17, 15) is 14.4 Å². The van der Waals surface area contributed by atoms with Crippen molar-refractivity contribution in [1.29, 1.82) is 5.26 Å². The Morgan fingerprint density at radius 3 is 2.07 bits per heavy atom. The molecule has 0 amide bonds. The Hall–Kier alpha value is -3.03. The van der Waals surface area contributed by atoms with E-state index in [1.807, 2.05) is 0 Å². The van der Waals surface area contributed by atoms with E-state index in [1.165, 1.54) is 80.7 Å². The molecule has 0 aliphatic carbocycles. The average molecular weight is 583 g/mol. The van der Waals surface area contributed by atoms with Gasteiger partial charge in [0.1, 0.15) is 5.82 Å². The molecule has 0 bridgehead atoms. The molecule has 1 aliphatic heterocycles. The number of unbranched alkanes of at least 4 members (excludes halogenated alkanes) is 9. The van der Waals surface area contributed by atoms with Crippen LogP contribution in [0.15, 0.2) is 66.7 Å². The van der Waals surface area contributed by atoms with Gasteiger partial charge in [-0.25, -0.2) is 4.39 Å². The van der Waals surface area contributed by atoms with Crippen molar-refractivity contribution >= 4 is 16.6 Å². The molecule has 230 valence electrons. The van der Waals surface area contributed by atoms with Crippen molar-refractivity contribution in [2.24, 2.45) is 5.92 Å². The molecule has 1 atom stereocenters. The number of rotatable bonds is 18. The number of halogens is 1. The summed E-state index contributed by atoms with van der Waals surface area (Å²) in [5.74, 6) is -0.165. The summed E-state index contributed by atoms with van der Waals surface area (Å²) in [6.07, 6.45) is 17.4. The number of carbonyl (C=O) groups is 1. The molecule has 3 nitrogen and oxygen atoms in total. The third-order valence-electron chi connectivity index (χ3n) is 9.64. The molecule has 1 fully saturated rings. The van der Waals surface area contributed by atoms with Crippen molar-refractivity contribution < 1.29 is 9.18 Å². The van der Waals surface area contributed by atoms with E-state index in [0.717, 1.165) is 63.7 Å². The summed E-state index contributed by atoms with van der Waals surface area (Å²) in [6.45, 7) is 5.01. The Morgan fingerprint density at radius 2 is 1.42 bits per heavy atom. The topological polar surface area (TPSA) is 44.1 Å². The number of nitriles is 1. The maximum atomic E-state index is 13.3. The monoisotopic (exact) mass is 582 g/mol. The molecule has 0 radical (unpaired) electrons. The number of ketones is 1. The molecular formula is C39H51FN2O. The van der Waals surface area contributed by atoms with Gasteiger partial charge in [-0.15, -0.1) is 0 Å². The van der Waals surface area contributed by atoms with Crippen LogP contribution in [0.4, 0.5) is 4.39 Å². The van der Waals surface area contributed by atoms with Crippen LogP contribution in [-0.4, -0.2) is 30.3 Å². The predicted octanol–water partition coefficient (Wildman–Crippen LogP) is 10.4. The van der Waals surface area contributed by atoms with Crippen molar-refractivity contribution in [3.63, 3.8) is 0 Å². The van der Waals surface area contributed by atoms with Crippen LogP contribution in [0.5, 0.6) is 0 Å². The number of likely N-dealkylation sites (tertiary alicyclic amines) is 1. The molecule has 3 aromatic carbocycles. The minimum absolute atomic E-state index is 0.00820. The average Bonchev–Trinajstić information content (AvgIpc) is 3.05. The maximum Gasteiger partial charge on any atom is 0.166 e. The molecule has 4 heteroatoms. The molecule has 0 saturated carbocycles. The van der Waals surface area contributed by atoms with Gasteiger partial charge < -0.3 is 4.90 Å². The van der Waals surface area contributed by atoms with Crippen LogP contribution in [0.25, 0.3) is 10.8 Å². The lowest BCUT2D eigenvalue weighted by Crippen LogP contribution is -2.37. The van der Waals surface area contributed by atoms with E-state index in [1.54, 1.807) is 12.1 Å². The fraction of sp³-hybridized carbons (Fsp3) is 0.538. The zero-order valence-corrected chi connectivity index (χ0v) is 26.3. The lowest BCUT2D eigenvalue weighted by molar-refractivity contribution is 0.0838. The van der Waals surface area contributed by atoms with Gasteiger partial charge in [0.25, 0.3) is 0 Å². The summed E-state index contributed by atoms with van der Waals surface area (Å²) in [4.78, 5) is 15.4. The second-order valence-corrected chi connectivity index (χ2v) is 12.8. The highest BCUT2D eigenvalue weighted by Crippen LogP contribution is 2.37. The van der Waals surface area contributed by atoms with Gasteiger partial charge in [0.2, 0.25) is 0 Å². The quantitative estimate of drug-likeness (QED) is 0.111. The van der Waals surface area contributed by atoms with Crippen molar-refractivity contribution in [1.82, 2.24) is 4.90 Å². The van der Waals surface area contributed by atoms with Gasteiger partial charge in [0.05, 0.1) is 11.5 Å². The third-order valence-corrected chi connectivity index (χ3v) is 9.64. The fourth-order valence-electron chi connectivity index (χ4n) is 6.86. The standard InChI is InChI=1S/C39H51FN2O/c1-2-3-4-5-6-7-8-9-10-13-25-39(31-41,36-20-17-32-15-11-12-16-35(32)30-36)26-14-27-42-28-23-34(24-29-42)38(43)33-18-21-37(40)22-19-33/h11-12,15-22,30,34H,2-10,13-14,23-29H2,1H3. The normalized spacial score (nSPS) is 15.7. The van der Waals surface area contributed by atoms with E-state index in [-0.39, 0.29) is 17.5 Å². The second-order valence-electron chi connectivity index (χ2n) is 12.8. The molecule has 1 heterocycles. The van der Waals surface area contributed by atoms with Gasteiger partial charge >= 0.3 is 0 Å². The molecule has 1 unspecified atom stereocenters. The summed E-state index contributed by atoms with van der Waals surface area (Å²) in [5.41, 5.74) is 1.30. The molecular weight excluding hydrogens is 531 g/mol. The Morgan fingerprint density at radius 1 is 0.814 bits per heavy atom. The Kier molecular flexibility index (Phi) is 13.2. The van der Waals surface area contributed by atoms with Crippen LogP contribution in [0.1, 0.15) is 119 Å². The largest absolute Gasteiger partial charge is 0.303 e. The second kappa shape index (κ2) is 17.3. The molecule has 1 aliphatic rings. The first-order valence-electron chi connectivity index (χ1n) is 17.0. The molecule has 0 N–H and O–H groups in total. The van der Waals surface area contributed by atoms with Gasteiger partial charge in [0, 0.05) is 11.5 Å². The first kappa shape index (κ1) is 32.9. The number of hydrogen-bond acceptors (Lipinski definition) is 3. The lowest BCUT2D eigenvalue weighted by Gasteiger charge is -2.33. The molecule has 0 aromatic heterocycles. The van der Waals surface area contributed by atoms with Gasteiger partial charge in [-0.1, -0.05) is 108 Å². The summed E-state index contributed by atoms with van der Waals surface area (Å²) in [6, 6.07) is 23.8. The van der Waals surface area contributed by atoms with E-state index < -0.39 is 5.41 Å². The highest BCUT2D eigenvalue weighted by molar-refractivity contribution is 5.97. The van der Waals surface area contributed by atoms with Gasteiger partial charge in [-0.2, -0.15) is 5.26 Å². The van der Waals surface area contributed by atoms with E-state index in [4.69, 9.17) is 0 Å². The molecule has 3 aromatic rings. The number of benzene rings is 3. The van der Waals surface area contributed by atoms with E-state index in [2.05, 4.69) is 60.4 Å². The van der Waals surface area contributed by atoms with Crippen molar-refractivity contribution in [2.75, 3.05) is 19.6 Å². The van der Waals surface area contributed by atoms with E-state index in [0.29, 0.717) is 5.56 Å². The van der Waals surface area contributed by atoms with Crippen molar-refractivity contribution in [3.8, 4) is 6.07 Å². The van der Waals surface area contributed by atoms with Crippen LogP contribution < -0.4 is 0 Å². The maximum absolute atomic E-state index is 13.3. The number of Topliss-reactive ketones (excluding diaryl/α,β-unsaturated/α-hetero) is 1. The molecule has 0 spiro atoms. The highest BCUT2D eigenvalue weighted by atomic mass is 19.1. The lowest BCUT2D eigenvalue weighted by atomic mass is 9.73. The number of carbonyl (C=O) groups excluding carboxylic acids is 1. The highest BCUT2D eigenvalue weighted by Gasteiger charge is 2.32. The number of fused-ring (bicyclic) bond motifs is 1. The van der Waals surface area contributed by atoms with Crippen LogP contribution in [0.2, 0.25) is 0 Å². The fourth-order valence-corrected chi connectivity index (χ4v) is 6.86. The zero-order chi connectivity index (χ0) is 30.3. The Balaban J connectivity index is 1.30. The first-order valence-corrected chi connectivity index (χ1v) is 17.0. The van der Waals surface area contributed by atoms with Crippen LogP contribution in [0.3, 0.4) is 0 Å². The molecule has 4 rings (SSSR count). The van der Waals surface area contributed by atoms with Crippen molar-refractivity contribution in [3.05, 3.63) is 83.7 Å². The summed E-state index contributed by atoms with van der Waals surface area (Å²) < 4.78 is 13.3. The van der Waals surface area contributed by atoms with Gasteiger partial charge in [0.15, 0.2) is 5.78 Å². The number of piperidine rings is 1. The van der Waals surface area contributed by atoms with E-state index >= 15 is 0 Å². The summed E-state index contributed by atoms with van der Waals surface area (Å²) in [5, 5.41) is 13.1. The predicted molar refractivity (Wildman–Crippen MR) is 177 cm³/mol. The SMILES string of the molecule is CCCCCCCCCCCCC(C#N)(CCCN1CCC(C(=O)c2ccc(F)cc2)CC1)c1ccc2ccccc2c1.